The van der Waals surface area contributed by atoms with E-state index in [0.717, 1.165) is 44.6 Å². The first-order valence-corrected chi connectivity index (χ1v) is 10.6. The van der Waals surface area contributed by atoms with Crippen molar-refractivity contribution in [1.29, 1.82) is 0 Å². The Kier molecular flexibility index (Phi) is 6.09. The number of piperidine rings is 1. The average molecular weight is 432 g/mol. The first-order chi connectivity index (χ1) is 14.0. The molecule has 2 N–H and O–H groups in total. The number of nitrogens with zero attached hydrogens (tertiary/aromatic N) is 1. The van der Waals surface area contributed by atoms with E-state index < -0.39 is 0 Å². The normalized spacial score (nSPS) is 17.5. The number of carbonyl (C=O) groups is 2. The van der Waals surface area contributed by atoms with E-state index in [2.05, 4.69) is 33.7 Å². The summed E-state index contributed by atoms with van der Waals surface area (Å²) >= 11 is 11.9. The topological polar surface area (TPSA) is 61.4 Å². The molecule has 0 unspecified atom stereocenters. The number of rotatable bonds is 4. The number of carbonyl (C=O) groups excluding carboxylic acids is 2. The van der Waals surface area contributed by atoms with Crippen molar-refractivity contribution < 1.29 is 9.59 Å². The van der Waals surface area contributed by atoms with Gasteiger partial charge in [0.15, 0.2) is 0 Å². The standard InChI is InChI=1S/C22H23Cl2N3O2/c23-18-5-3-16(12-19(18)24)22(29)25-17-7-9-27(10-8-17)13-14-1-2-15-4-6-21(28)26-20(15)11-14/h1-3,5,11-12,17H,4,6-10,13H2,(H,25,29)(H,26,28). The van der Waals surface area contributed by atoms with Gasteiger partial charge in [0.2, 0.25) is 5.91 Å². The molecule has 7 heteroatoms. The lowest BCUT2D eigenvalue weighted by Gasteiger charge is -2.32. The van der Waals surface area contributed by atoms with Crippen LogP contribution in [0.2, 0.25) is 10.0 Å². The number of benzene rings is 2. The fraction of sp³-hybridized carbons (Fsp3) is 0.364. The van der Waals surface area contributed by atoms with E-state index >= 15 is 0 Å². The first kappa shape index (κ1) is 20.2. The zero-order chi connectivity index (χ0) is 20.4. The van der Waals surface area contributed by atoms with E-state index in [0.29, 0.717) is 22.0 Å². The molecule has 2 aliphatic rings. The van der Waals surface area contributed by atoms with Gasteiger partial charge in [0.25, 0.3) is 5.91 Å². The van der Waals surface area contributed by atoms with E-state index in [1.54, 1.807) is 18.2 Å². The van der Waals surface area contributed by atoms with Crippen LogP contribution in [0, 0.1) is 0 Å². The molecule has 0 atom stereocenters. The fourth-order valence-electron chi connectivity index (χ4n) is 3.92. The van der Waals surface area contributed by atoms with Gasteiger partial charge in [0.05, 0.1) is 10.0 Å². The molecular weight excluding hydrogens is 409 g/mol. The van der Waals surface area contributed by atoms with Gasteiger partial charge in [0.1, 0.15) is 0 Å². The van der Waals surface area contributed by atoms with Crippen LogP contribution in [0.1, 0.15) is 40.7 Å². The molecule has 1 fully saturated rings. The van der Waals surface area contributed by atoms with Gasteiger partial charge in [-0.3, -0.25) is 14.5 Å². The van der Waals surface area contributed by atoms with Gasteiger partial charge in [0, 0.05) is 43.3 Å². The van der Waals surface area contributed by atoms with E-state index in [4.69, 9.17) is 23.2 Å². The third-order valence-corrected chi connectivity index (χ3v) is 6.32. The SMILES string of the molecule is O=C1CCc2ccc(CN3CCC(NC(=O)c4ccc(Cl)c(Cl)c4)CC3)cc2N1. The Morgan fingerprint density at radius 2 is 1.86 bits per heavy atom. The summed E-state index contributed by atoms with van der Waals surface area (Å²) in [6, 6.07) is 11.4. The quantitative estimate of drug-likeness (QED) is 0.759. The molecule has 29 heavy (non-hydrogen) atoms. The summed E-state index contributed by atoms with van der Waals surface area (Å²) in [5, 5.41) is 6.89. The Morgan fingerprint density at radius 3 is 2.62 bits per heavy atom. The zero-order valence-corrected chi connectivity index (χ0v) is 17.5. The third-order valence-electron chi connectivity index (χ3n) is 5.58. The van der Waals surface area contributed by atoms with Crippen LogP contribution >= 0.6 is 23.2 Å². The van der Waals surface area contributed by atoms with E-state index in [9.17, 15) is 9.59 Å². The van der Waals surface area contributed by atoms with Crippen molar-refractivity contribution in [3.8, 4) is 0 Å². The van der Waals surface area contributed by atoms with Crippen LogP contribution in [0.15, 0.2) is 36.4 Å². The monoisotopic (exact) mass is 431 g/mol. The summed E-state index contributed by atoms with van der Waals surface area (Å²) < 4.78 is 0. The molecule has 152 valence electrons. The molecule has 2 heterocycles. The number of halogens is 2. The van der Waals surface area contributed by atoms with Crippen molar-refractivity contribution in [3.05, 3.63) is 63.1 Å². The Labute approximate surface area is 180 Å². The number of aryl methyl sites for hydroxylation is 1. The number of nitrogens with one attached hydrogen (secondary N) is 2. The Morgan fingerprint density at radius 1 is 1.07 bits per heavy atom. The van der Waals surface area contributed by atoms with Crippen LogP contribution in [-0.4, -0.2) is 35.8 Å². The highest BCUT2D eigenvalue weighted by atomic mass is 35.5. The molecule has 0 saturated carbocycles. The molecule has 2 aliphatic heterocycles. The number of likely N-dealkylation sites (tertiary alicyclic amines) is 1. The van der Waals surface area contributed by atoms with Gasteiger partial charge < -0.3 is 10.6 Å². The number of hydrogen-bond acceptors (Lipinski definition) is 3. The zero-order valence-electron chi connectivity index (χ0n) is 16.0. The van der Waals surface area contributed by atoms with Crippen molar-refractivity contribution in [3.63, 3.8) is 0 Å². The average Bonchev–Trinajstić information content (AvgIpc) is 2.71. The van der Waals surface area contributed by atoms with Crippen molar-refractivity contribution in [2.24, 2.45) is 0 Å². The largest absolute Gasteiger partial charge is 0.349 e. The second kappa shape index (κ2) is 8.74. The third kappa shape index (κ3) is 4.92. The lowest BCUT2D eigenvalue weighted by atomic mass is 9.99. The van der Waals surface area contributed by atoms with Crippen molar-refractivity contribution in [1.82, 2.24) is 10.2 Å². The molecule has 2 aromatic carbocycles. The highest BCUT2D eigenvalue weighted by molar-refractivity contribution is 6.42. The molecule has 0 aliphatic carbocycles. The van der Waals surface area contributed by atoms with Gasteiger partial charge in [-0.05, 0) is 54.7 Å². The summed E-state index contributed by atoms with van der Waals surface area (Å²) in [5.74, 6) is -0.0272. The minimum absolute atomic E-state index is 0.0909. The van der Waals surface area contributed by atoms with Gasteiger partial charge in [-0.25, -0.2) is 0 Å². The minimum Gasteiger partial charge on any atom is -0.349 e. The fourth-order valence-corrected chi connectivity index (χ4v) is 4.22. The number of hydrogen-bond donors (Lipinski definition) is 2. The van der Waals surface area contributed by atoms with Crippen molar-refractivity contribution >= 4 is 40.7 Å². The Balaban J connectivity index is 1.29. The van der Waals surface area contributed by atoms with E-state index in [1.807, 2.05) is 0 Å². The van der Waals surface area contributed by atoms with Gasteiger partial charge in [-0.15, -0.1) is 0 Å². The molecule has 4 rings (SSSR count). The summed E-state index contributed by atoms with van der Waals surface area (Å²) in [6.45, 7) is 2.67. The van der Waals surface area contributed by atoms with Crippen LogP contribution in [0.5, 0.6) is 0 Å². The molecule has 0 radical (unpaired) electrons. The van der Waals surface area contributed by atoms with E-state index in [1.165, 1.54) is 11.1 Å². The maximum atomic E-state index is 12.5. The molecular formula is C22H23Cl2N3O2. The maximum absolute atomic E-state index is 12.5. The smallest absolute Gasteiger partial charge is 0.251 e. The molecule has 2 amide bonds. The maximum Gasteiger partial charge on any atom is 0.251 e. The van der Waals surface area contributed by atoms with Crippen LogP contribution in [0.25, 0.3) is 0 Å². The molecule has 0 bridgehead atoms. The lowest BCUT2D eigenvalue weighted by molar-refractivity contribution is -0.116. The van der Waals surface area contributed by atoms with Gasteiger partial charge in [-0.1, -0.05) is 35.3 Å². The molecule has 0 aromatic heterocycles. The van der Waals surface area contributed by atoms with Crippen LogP contribution in [0.4, 0.5) is 5.69 Å². The van der Waals surface area contributed by atoms with Crippen molar-refractivity contribution in [2.75, 3.05) is 18.4 Å². The van der Waals surface area contributed by atoms with E-state index in [-0.39, 0.29) is 17.9 Å². The number of fused-ring (bicyclic) bond motifs is 1. The van der Waals surface area contributed by atoms with Crippen LogP contribution < -0.4 is 10.6 Å². The molecule has 5 nitrogen and oxygen atoms in total. The van der Waals surface area contributed by atoms with Crippen LogP contribution in [0.3, 0.4) is 0 Å². The summed E-state index contributed by atoms with van der Waals surface area (Å²) in [6.07, 6.45) is 3.17. The van der Waals surface area contributed by atoms with Crippen LogP contribution in [-0.2, 0) is 17.8 Å². The predicted octanol–water partition coefficient (Wildman–Crippen LogP) is 4.27. The second-order valence-electron chi connectivity index (χ2n) is 7.69. The number of anilines is 1. The van der Waals surface area contributed by atoms with Gasteiger partial charge in [-0.2, -0.15) is 0 Å². The molecule has 0 spiro atoms. The summed E-state index contributed by atoms with van der Waals surface area (Å²) in [4.78, 5) is 26.5. The highest BCUT2D eigenvalue weighted by Gasteiger charge is 2.22. The summed E-state index contributed by atoms with van der Waals surface area (Å²) in [7, 11) is 0. The highest BCUT2D eigenvalue weighted by Crippen LogP contribution is 2.25. The molecule has 2 aromatic rings. The van der Waals surface area contributed by atoms with Crippen molar-refractivity contribution in [2.45, 2.75) is 38.3 Å². The van der Waals surface area contributed by atoms with Gasteiger partial charge >= 0.3 is 0 Å². The minimum atomic E-state index is -0.118. The second-order valence-corrected chi connectivity index (χ2v) is 8.51. The Hall–Kier alpha value is -2.08. The predicted molar refractivity (Wildman–Crippen MR) is 116 cm³/mol. The molecule has 1 saturated heterocycles. The summed E-state index contributed by atoms with van der Waals surface area (Å²) in [5.41, 5.74) is 3.88. The lowest BCUT2D eigenvalue weighted by Crippen LogP contribution is -2.44. The first-order valence-electron chi connectivity index (χ1n) is 9.88. The Bertz CT molecular complexity index is 940. The number of amides is 2.